The van der Waals surface area contributed by atoms with Crippen LogP contribution in [0.2, 0.25) is 0 Å². The third kappa shape index (κ3) is 4.79. The molecule has 3 aliphatic rings. The van der Waals surface area contributed by atoms with Gasteiger partial charge in [0.15, 0.2) is 0 Å². The zero-order valence-corrected chi connectivity index (χ0v) is 17.9. The maximum absolute atomic E-state index is 13.9. The van der Waals surface area contributed by atoms with Gasteiger partial charge in [-0.25, -0.2) is 10.5 Å². The van der Waals surface area contributed by atoms with Gasteiger partial charge >= 0.3 is 18.5 Å². The lowest BCUT2D eigenvalue weighted by Crippen LogP contribution is -2.47. The highest BCUT2D eigenvalue weighted by Crippen LogP contribution is 2.48. The first-order valence-corrected chi connectivity index (χ1v) is 10.0. The van der Waals surface area contributed by atoms with Crippen LogP contribution < -0.4 is 11.1 Å². The van der Waals surface area contributed by atoms with E-state index in [0.29, 0.717) is 0 Å². The minimum atomic E-state index is -5.31. The summed E-state index contributed by atoms with van der Waals surface area (Å²) in [6.07, 6.45) is -14.1. The molecular weight excluding hydrogens is 531 g/mol. The lowest BCUT2D eigenvalue weighted by molar-refractivity contribution is -0.423. The number of benzene rings is 1. The van der Waals surface area contributed by atoms with Gasteiger partial charge in [0, 0.05) is 0 Å². The van der Waals surface area contributed by atoms with Crippen molar-refractivity contribution in [2.45, 2.75) is 30.4 Å². The fourth-order valence-corrected chi connectivity index (χ4v) is 4.12. The van der Waals surface area contributed by atoms with Crippen molar-refractivity contribution < 1.29 is 49.3 Å². The van der Waals surface area contributed by atoms with Gasteiger partial charge in [0.05, 0.1) is 27.2 Å². The van der Waals surface area contributed by atoms with Gasteiger partial charge in [0.25, 0.3) is 5.70 Å². The lowest BCUT2D eigenvalue weighted by Gasteiger charge is -2.37. The molecule has 0 spiro atoms. The quantitative estimate of drug-likeness (QED) is 0.334. The van der Waals surface area contributed by atoms with Crippen LogP contribution in [0.15, 0.2) is 52.0 Å². The van der Waals surface area contributed by atoms with Crippen molar-refractivity contribution in [2.75, 3.05) is 6.61 Å². The fraction of sp³-hybridized carbons (Fsp3) is 0.368. The van der Waals surface area contributed by atoms with Gasteiger partial charge < -0.3 is 4.84 Å². The predicted octanol–water partition coefficient (Wildman–Crippen LogP) is 4.24. The van der Waals surface area contributed by atoms with Crippen LogP contribution in [-0.4, -0.2) is 34.8 Å². The molecule has 0 fully saturated rings. The number of oxime groups is 1. The van der Waals surface area contributed by atoms with E-state index in [-0.39, 0.29) is 18.2 Å². The molecule has 0 saturated carbocycles. The van der Waals surface area contributed by atoms with E-state index in [0.717, 1.165) is 23.5 Å². The first-order valence-electron chi connectivity index (χ1n) is 10.0. The molecule has 18 heteroatoms. The fourth-order valence-electron chi connectivity index (χ4n) is 4.12. The third-order valence-electron chi connectivity index (χ3n) is 5.82. The Balaban J connectivity index is 2.05. The highest BCUT2D eigenvalue weighted by molar-refractivity contribution is 6.00. The monoisotopic (exact) mass is 544 g/mol. The lowest BCUT2D eigenvalue weighted by atomic mass is 9.67. The molecule has 0 aromatic heterocycles. The van der Waals surface area contributed by atoms with E-state index < -0.39 is 81.6 Å². The maximum Gasteiger partial charge on any atom is 0.416 e. The highest BCUT2D eigenvalue weighted by Gasteiger charge is 2.56. The van der Waals surface area contributed by atoms with Crippen LogP contribution in [0.25, 0.3) is 0 Å². The topological polar surface area (TPSA) is 104 Å². The summed E-state index contributed by atoms with van der Waals surface area (Å²) in [5.74, 6) is -2.53. The molecule has 2 heterocycles. The Bertz CT molecular complexity index is 1200. The number of hydrogen-bond acceptors (Lipinski definition) is 8. The summed E-state index contributed by atoms with van der Waals surface area (Å²) in [6, 6.07) is 0.328. The van der Waals surface area contributed by atoms with E-state index in [9.17, 15) is 49.6 Å². The number of nitrogens with zero attached hydrogens (tertiary/aromatic N) is 4. The van der Waals surface area contributed by atoms with E-state index in [2.05, 4.69) is 26.2 Å². The molecule has 200 valence electrons. The molecule has 0 amide bonds. The standard InChI is InChI=1S/C19H13F9N6O3/c20-17(21,22)10-3-9(4-11(5-10)18(23,24)25)16(15-12(7-37-30-15)19(26,27)28)2-1-13(34(35)36)14(6-16)33-8-29-31-32-33/h1,3-6,8,12,31-32H,2,7H2. The molecule has 0 bridgehead atoms. The van der Waals surface area contributed by atoms with Gasteiger partial charge in [0.2, 0.25) is 0 Å². The number of nitro groups is 1. The second kappa shape index (κ2) is 8.63. The second-order valence-corrected chi connectivity index (χ2v) is 8.05. The molecular formula is C19H13F9N6O3. The van der Waals surface area contributed by atoms with Crippen LogP contribution in [0.5, 0.6) is 0 Å². The molecule has 1 aliphatic carbocycles. The Kier molecular flexibility index (Phi) is 6.12. The molecule has 2 unspecified atom stereocenters. The summed E-state index contributed by atoms with van der Waals surface area (Å²) in [5.41, 5.74) is -4.64. The molecule has 1 aromatic carbocycles. The van der Waals surface area contributed by atoms with Crippen LogP contribution in [0.1, 0.15) is 23.1 Å². The van der Waals surface area contributed by atoms with Crippen LogP contribution >= 0.6 is 0 Å². The maximum atomic E-state index is 13.9. The van der Waals surface area contributed by atoms with Crippen molar-refractivity contribution in [2.24, 2.45) is 16.2 Å². The normalized spacial score (nSPS) is 24.3. The number of halogens is 9. The van der Waals surface area contributed by atoms with Crippen molar-refractivity contribution in [3.05, 3.63) is 68.5 Å². The van der Waals surface area contributed by atoms with E-state index >= 15 is 0 Å². The number of hydrazone groups is 1. The summed E-state index contributed by atoms with van der Waals surface area (Å²) in [7, 11) is 0. The number of hydrazine groups is 2. The Morgan fingerprint density at radius 3 is 2.16 bits per heavy atom. The van der Waals surface area contributed by atoms with Crippen LogP contribution in [-0.2, 0) is 22.6 Å². The summed E-state index contributed by atoms with van der Waals surface area (Å²) in [5, 5.41) is 19.3. The number of rotatable bonds is 4. The largest absolute Gasteiger partial charge is 0.416 e. The summed E-state index contributed by atoms with van der Waals surface area (Å²) < 4.78 is 123. The van der Waals surface area contributed by atoms with Crippen molar-refractivity contribution >= 4 is 12.1 Å². The molecule has 0 radical (unpaired) electrons. The van der Waals surface area contributed by atoms with Crippen LogP contribution in [0.3, 0.4) is 0 Å². The first kappa shape index (κ1) is 26.2. The van der Waals surface area contributed by atoms with Crippen LogP contribution in [0.4, 0.5) is 39.5 Å². The molecule has 4 rings (SSSR count). The first-order chi connectivity index (χ1) is 17.0. The van der Waals surface area contributed by atoms with Crippen molar-refractivity contribution in [3.63, 3.8) is 0 Å². The van der Waals surface area contributed by atoms with Gasteiger partial charge in [-0.2, -0.15) is 44.6 Å². The van der Waals surface area contributed by atoms with E-state index in [1.165, 1.54) is 0 Å². The average Bonchev–Trinajstić information content (AvgIpc) is 3.49. The van der Waals surface area contributed by atoms with Crippen molar-refractivity contribution in [3.8, 4) is 0 Å². The molecule has 2 atom stereocenters. The van der Waals surface area contributed by atoms with Gasteiger partial charge in [-0.05, 0) is 42.3 Å². The zero-order valence-electron chi connectivity index (χ0n) is 17.9. The zero-order chi connectivity index (χ0) is 27.4. The Morgan fingerprint density at radius 1 is 1.05 bits per heavy atom. The number of allylic oxidation sites excluding steroid dienone is 2. The Hall–Kier alpha value is -3.83. The third-order valence-corrected chi connectivity index (χ3v) is 5.82. The SMILES string of the molecule is O=[N+]([O-])C1=CCC(C2=NOCC2C(F)(F)F)(c2cc(C(F)(F)F)cc(C(F)(F)F)c2)C=C1N1C=NNN1. The number of alkyl halides is 9. The molecule has 1 aromatic rings. The minimum Gasteiger partial charge on any atom is -0.395 e. The van der Waals surface area contributed by atoms with Crippen molar-refractivity contribution in [1.29, 1.82) is 0 Å². The summed E-state index contributed by atoms with van der Waals surface area (Å²) in [4.78, 5) is 15.3. The van der Waals surface area contributed by atoms with Gasteiger partial charge in [-0.15, -0.1) is 5.53 Å². The minimum absolute atomic E-state index is 0.185. The van der Waals surface area contributed by atoms with Gasteiger partial charge in [-0.1, -0.05) is 5.16 Å². The highest BCUT2D eigenvalue weighted by atomic mass is 19.4. The average molecular weight is 544 g/mol. The molecule has 0 saturated heterocycles. The summed E-state index contributed by atoms with van der Waals surface area (Å²) >= 11 is 0. The van der Waals surface area contributed by atoms with Crippen molar-refractivity contribution in [1.82, 2.24) is 16.1 Å². The Labute approximate surface area is 200 Å². The summed E-state index contributed by atoms with van der Waals surface area (Å²) in [6.45, 7) is -1.09. The Morgan fingerprint density at radius 2 is 1.68 bits per heavy atom. The second-order valence-electron chi connectivity index (χ2n) is 8.05. The van der Waals surface area contributed by atoms with Crippen LogP contribution in [0, 0.1) is 16.0 Å². The van der Waals surface area contributed by atoms with Gasteiger partial charge in [0.1, 0.15) is 24.6 Å². The van der Waals surface area contributed by atoms with E-state index in [4.69, 9.17) is 0 Å². The van der Waals surface area contributed by atoms with E-state index in [1.54, 1.807) is 0 Å². The molecule has 37 heavy (non-hydrogen) atoms. The van der Waals surface area contributed by atoms with E-state index in [1.807, 2.05) is 0 Å². The molecule has 2 N–H and O–H groups in total. The molecule has 9 nitrogen and oxygen atoms in total. The predicted molar refractivity (Wildman–Crippen MR) is 105 cm³/mol. The molecule has 2 aliphatic heterocycles. The van der Waals surface area contributed by atoms with Gasteiger partial charge in [-0.3, -0.25) is 10.1 Å². The number of hydrogen-bond donors (Lipinski definition) is 2. The smallest absolute Gasteiger partial charge is 0.395 e. The number of nitrogens with one attached hydrogen (secondary N) is 2.